The number of pyridine rings is 1. The summed E-state index contributed by atoms with van der Waals surface area (Å²) in [5, 5.41) is 3.38. The molecular weight excluding hydrogens is 320 g/mol. The Kier molecular flexibility index (Phi) is 5.38. The molecule has 1 heterocycles. The van der Waals surface area contributed by atoms with Gasteiger partial charge in [0.25, 0.3) is 0 Å². The van der Waals surface area contributed by atoms with Crippen molar-refractivity contribution >= 4 is 15.9 Å². The minimum atomic E-state index is 0.632. The van der Waals surface area contributed by atoms with E-state index in [1.165, 1.54) is 5.56 Å². The first kappa shape index (κ1) is 14.8. The van der Waals surface area contributed by atoms with Crippen LogP contribution in [0.4, 0.5) is 0 Å². The molecule has 0 aliphatic rings. The molecule has 0 unspecified atom stereocenters. The number of ether oxygens (including phenoxy) is 2. The van der Waals surface area contributed by atoms with E-state index in [2.05, 4.69) is 32.3 Å². The molecule has 4 nitrogen and oxygen atoms in total. The summed E-state index contributed by atoms with van der Waals surface area (Å²) in [4.78, 5) is 4.17. The first-order valence-electron chi connectivity index (χ1n) is 6.25. The fourth-order valence-electron chi connectivity index (χ4n) is 1.81. The van der Waals surface area contributed by atoms with Gasteiger partial charge in [-0.2, -0.15) is 0 Å². The summed E-state index contributed by atoms with van der Waals surface area (Å²) in [5.74, 6) is 1.47. The fourth-order valence-corrected chi connectivity index (χ4v) is 2.40. The Bertz CT molecular complexity index is 558. The molecule has 5 heteroatoms. The number of halogens is 1. The second-order valence-corrected chi connectivity index (χ2v) is 5.14. The quantitative estimate of drug-likeness (QED) is 0.879. The number of hydrogen-bond donors (Lipinski definition) is 1. The van der Waals surface area contributed by atoms with E-state index in [1.54, 1.807) is 14.2 Å². The number of nitrogens with zero attached hydrogens (tertiary/aromatic N) is 1. The molecule has 0 saturated heterocycles. The molecule has 0 bridgehead atoms. The molecule has 1 N–H and O–H groups in total. The third kappa shape index (κ3) is 3.95. The van der Waals surface area contributed by atoms with E-state index in [4.69, 9.17) is 9.47 Å². The van der Waals surface area contributed by atoms with Crippen molar-refractivity contribution in [2.75, 3.05) is 14.2 Å². The third-order valence-corrected chi connectivity index (χ3v) is 3.50. The molecule has 0 atom stereocenters. The van der Waals surface area contributed by atoms with Crippen LogP contribution in [0.2, 0.25) is 0 Å². The fraction of sp³-hybridized carbons (Fsp3) is 0.267. The maximum absolute atomic E-state index is 5.21. The number of benzene rings is 1. The molecular formula is C15H17BrN2O2. The number of rotatable bonds is 6. The molecule has 0 aliphatic heterocycles. The number of methoxy groups -OCH3 is 2. The highest BCUT2D eigenvalue weighted by Crippen LogP contribution is 2.25. The van der Waals surface area contributed by atoms with Gasteiger partial charge in [0.2, 0.25) is 5.88 Å². The van der Waals surface area contributed by atoms with E-state index < -0.39 is 0 Å². The summed E-state index contributed by atoms with van der Waals surface area (Å²) >= 11 is 3.48. The van der Waals surface area contributed by atoms with Gasteiger partial charge in [-0.3, -0.25) is 0 Å². The van der Waals surface area contributed by atoms with Crippen LogP contribution in [0.1, 0.15) is 11.1 Å². The molecule has 0 fully saturated rings. The summed E-state index contributed by atoms with van der Waals surface area (Å²) in [6.07, 6.45) is 1.82. The lowest BCUT2D eigenvalue weighted by Crippen LogP contribution is -2.12. The molecule has 0 aliphatic carbocycles. The van der Waals surface area contributed by atoms with Gasteiger partial charge in [0, 0.05) is 25.4 Å². The third-order valence-electron chi connectivity index (χ3n) is 2.88. The van der Waals surface area contributed by atoms with Crippen molar-refractivity contribution in [3.63, 3.8) is 0 Å². The Morgan fingerprint density at radius 3 is 2.40 bits per heavy atom. The predicted molar refractivity (Wildman–Crippen MR) is 82.0 cm³/mol. The molecule has 20 heavy (non-hydrogen) atoms. The van der Waals surface area contributed by atoms with Crippen LogP contribution in [-0.4, -0.2) is 19.2 Å². The van der Waals surface area contributed by atoms with Gasteiger partial charge in [0.1, 0.15) is 5.75 Å². The highest BCUT2D eigenvalue weighted by atomic mass is 79.9. The van der Waals surface area contributed by atoms with Gasteiger partial charge in [0.15, 0.2) is 0 Å². The van der Waals surface area contributed by atoms with Crippen LogP contribution >= 0.6 is 15.9 Å². The molecule has 0 amide bonds. The Morgan fingerprint density at radius 1 is 1.05 bits per heavy atom. The number of aromatic nitrogens is 1. The van der Waals surface area contributed by atoms with E-state index in [-0.39, 0.29) is 0 Å². The van der Waals surface area contributed by atoms with Crippen LogP contribution in [0.3, 0.4) is 0 Å². The highest BCUT2D eigenvalue weighted by Gasteiger charge is 2.01. The van der Waals surface area contributed by atoms with Crippen LogP contribution < -0.4 is 14.8 Å². The van der Waals surface area contributed by atoms with Gasteiger partial charge < -0.3 is 14.8 Å². The van der Waals surface area contributed by atoms with Crippen molar-refractivity contribution in [1.82, 2.24) is 10.3 Å². The second kappa shape index (κ2) is 7.26. The van der Waals surface area contributed by atoms with Crippen LogP contribution in [-0.2, 0) is 13.1 Å². The van der Waals surface area contributed by atoms with Gasteiger partial charge in [-0.25, -0.2) is 4.98 Å². The first-order chi connectivity index (χ1) is 9.72. The molecule has 106 valence electrons. The zero-order chi connectivity index (χ0) is 14.4. The second-order valence-electron chi connectivity index (χ2n) is 4.28. The van der Waals surface area contributed by atoms with E-state index in [1.807, 2.05) is 30.5 Å². The van der Waals surface area contributed by atoms with Gasteiger partial charge in [-0.15, -0.1) is 0 Å². The lowest BCUT2D eigenvalue weighted by Gasteiger charge is -2.08. The Balaban J connectivity index is 1.87. The SMILES string of the molecule is COc1ccc(CNCc2ccc(OC)c(Br)c2)cn1. The Labute approximate surface area is 127 Å². The Morgan fingerprint density at radius 2 is 1.80 bits per heavy atom. The normalized spacial score (nSPS) is 10.3. The van der Waals surface area contributed by atoms with Crippen molar-refractivity contribution in [3.8, 4) is 11.6 Å². The first-order valence-corrected chi connectivity index (χ1v) is 7.04. The zero-order valence-electron chi connectivity index (χ0n) is 11.5. The highest BCUT2D eigenvalue weighted by molar-refractivity contribution is 9.10. The summed E-state index contributed by atoms with van der Waals surface area (Å²) in [6.45, 7) is 1.55. The smallest absolute Gasteiger partial charge is 0.212 e. The topological polar surface area (TPSA) is 43.4 Å². The molecule has 1 aromatic carbocycles. The van der Waals surface area contributed by atoms with Gasteiger partial charge in [-0.1, -0.05) is 12.1 Å². The summed E-state index contributed by atoms with van der Waals surface area (Å²) in [7, 11) is 3.27. The van der Waals surface area contributed by atoms with Crippen LogP contribution in [0, 0.1) is 0 Å². The zero-order valence-corrected chi connectivity index (χ0v) is 13.1. The maximum atomic E-state index is 5.21. The molecule has 0 radical (unpaired) electrons. The summed E-state index contributed by atoms with van der Waals surface area (Å²) in [5.41, 5.74) is 2.32. The summed E-state index contributed by atoms with van der Waals surface area (Å²) < 4.78 is 11.2. The molecule has 1 aromatic heterocycles. The van der Waals surface area contributed by atoms with Crippen LogP contribution in [0.25, 0.3) is 0 Å². The van der Waals surface area contributed by atoms with E-state index in [9.17, 15) is 0 Å². The van der Waals surface area contributed by atoms with Crippen molar-refractivity contribution in [2.45, 2.75) is 13.1 Å². The molecule has 2 aromatic rings. The average molecular weight is 337 g/mol. The standard InChI is InChI=1S/C15H17BrN2O2/c1-19-14-5-3-11(7-13(14)16)8-17-9-12-4-6-15(20-2)18-10-12/h3-7,10,17H,8-9H2,1-2H3. The van der Waals surface area contributed by atoms with E-state index in [0.717, 1.165) is 28.9 Å². The lowest BCUT2D eigenvalue weighted by molar-refractivity contribution is 0.397. The Hall–Kier alpha value is -1.59. The lowest BCUT2D eigenvalue weighted by atomic mass is 10.2. The van der Waals surface area contributed by atoms with Crippen molar-refractivity contribution in [3.05, 3.63) is 52.1 Å². The van der Waals surface area contributed by atoms with Crippen molar-refractivity contribution in [1.29, 1.82) is 0 Å². The minimum Gasteiger partial charge on any atom is -0.496 e. The van der Waals surface area contributed by atoms with Gasteiger partial charge in [-0.05, 0) is 39.2 Å². The van der Waals surface area contributed by atoms with Crippen LogP contribution in [0.15, 0.2) is 41.0 Å². The van der Waals surface area contributed by atoms with Crippen LogP contribution in [0.5, 0.6) is 11.6 Å². The monoisotopic (exact) mass is 336 g/mol. The number of hydrogen-bond acceptors (Lipinski definition) is 4. The molecule has 0 spiro atoms. The van der Waals surface area contributed by atoms with Crippen molar-refractivity contribution < 1.29 is 9.47 Å². The molecule has 0 saturated carbocycles. The van der Waals surface area contributed by atoms with E-state index in [0.29, 0.717) is 5.88 Å². The minimum absolute atomic E-state index is 0.632. The van der Waals surface area contributed by atoms with Gasteiger partial charge in [0.05, 0.1) is 18.7 Å². The van der Waals surface area contributed by atoms with E-state index >= 15 is 0 Å². The average Bonchev–Trinajstić information content (AvgIpc) is 2.48. The van der Waals surface area contributed by atoms with Crippen molar-refractivity contribution in [2.24, 2.45) is 0 Å². The predicted octanol–water partition coefficient (Wildman–Crippen LogP) is 3.15. The maximum Gasteiger partial charge on any atom is 0.212 e. The summed E-state index contributed by atoms with van der Waals surface area (Å²) in [6, 6.07) is 9.92. The molecule has 2 rings (SSSR count). The van der Waals surface area contributed by atoms with Gasteiger partial charge >= 0.3 is 0 Å². The number of nitrogens with one attached hydrogen (secondary N) is 1. The largest absolute Gasteiger partial charge is 0.496 e.